The number of rotatable bonds is 3. The van der Waals surface area contributed by atoms with Crippen LogP contribution < -0.4 is 21.7 Å². The summed E-state index contributed by atoms with van der Waals surface area (Å²) in [6.45, 7) is 0. The van der Waals surface area contributed by atoms with E-state index in [9.17, 15) is 18.0 Å². The van der Waals surface area contributed by atoms with Crippen LogP contribution in [0.3, 0.4) is 0 Å². The first-order chi connectivity index (χ1) is 15.2. The van der Waals surface area contributed by atoms with Gasteiger partial charge in [0, 0.05) is 5.69 Å². The Morgan fingerprint density at radius 3 is 2.47 bits per heavy atom. The number of hydrogen-bond donors (Lipinski definition) is 3. The highest BCUT2D eigenvalue weighted by Gasteiger charge is 2.43. The summed E-state index contributed by atoms with van der Waals surface area (Å²) in [7, 11) is 0. The highest BCUT2D eigenvalue weighted by atomic mass is 19.4. The molecule has 1 amide bonds. The normalized spacial score (nSPS) is 18.2. The molecule has 1 heterocycles. The number of anilines is 2. The van der Waals surface area contributed by atoms with Crippen LogP contribution in [-0.4, -0.2) is 23.5 Å². The van der Waals surface area contributed by atoms with E-state index in [1.807, 2.05) is 0 Å². The molecule has 4 rings (SSSR count). The minimum Gasteiger partial charge on any atom is -0.369 e. The smallest absolute Gasteiger partial charge is 0.369 e. The number of alkyl halides is 3. The molecule has 2 aromatic carbocycles. The van der Waals surface area contributed by atoms with Crippen LogP contribution in [0.25, 0.3) is 0 Å². The van der Waals surface area contributed by atoms with Gasteiger partial charge in [-0.15, -0.1) is 0 Å². The maximum absolute atomic E-state index is 13.1. The number of carbonyl (C=O) groups excluding carboxylic acids is 1. The summed E-state index contributed by atoms with van der Waals surface area (Å²) in [5.41, 5.74) is 11.3. The Morgan fingerprint density at radius 2 is 1.75 bits per heavy atom. The quantitative estimate of drug-likeness (QED) is 0.663. The van der Waals surface area contributed by atoms with E-state index < -0.39 is 23.3 Å². The zero-order chi connectivity index (χ0) is 22.9. The maximum Gasteiger partial charge on any atom is 0.416 e. The molecule has 1 aliphatic carbocycles. The monoisotopic (exact) mass is 444 g/mol. The molecule has 7 nitrogen and oxygen atoms in total. The maximum atomic E-state index is 13.1. The van der Waals surface area contributed by atoms with Gasteiger partial charge < -0.3 is 16.8 Å². The highest BCUT2D eigenvalue weighted by molar-refractivity contribution is 6.13. The van der Waals surface area contributed by atoms with E-state index in [0.717, 1.165) is 31.4 Å². The number of carbonyl (C=O) groups is 1. The summed E-state index contributed by atoms with van der Waals surface area (Å²) < 4.78 is 39.1. The van der Waals surface area contributed by atoms with Crippen molar-refractivity contribution >= 4 is 29.2 Å². The molecule has 1 saturated carbocycles. The van der Waals surface area contributed by atoms with Gasteiger partial charge in [0.15, 0.2) is 0 Å². The van der Waals surface area contributed by atoms with Crippen molar-refractivity contribution in [3.8, 4) is 0 Å². The average molecular weight is 444 g/mol. The molecule has 2 aromatic rings. The van der Waals surface area contributed by atoms with Gasteiger partial charge in [0.05, 0.1) is 16.8 Å². The first-order valence-electron chi connectivity index (χ1n) is 10.3. The van der Waals surface area contributed by atoms with Crippen molar-refractivity contribution in [3.05, 3.63) is 59.7 Å². The Bertz CT molecular complexity index is 1090. The molecule has 0 bridgehead atoms. The van der Waals surface area contributed by atoms with E-state index in [1.54, 1.807) is 29.2 Å². The summed E-state index contributed by atoms with van der Waals surface area (Å²) in [6.07, 6.45) is -0.248. The number of nitrogens with two attached hydrogens (primary N) is 2. The van der Waals surface area contributed by atoms with Crippen molar-refractivity contribution < 1.29 is 18.0 Å². The van der Waals surface area contributed by atoms with Gasteiger partial charge in [-0.2, -0.15) is 18.2 Å². The van der Waals surface area contributed by atoms with Crippen molar-refractivity contribution in [2.75, 3.05) is 10.2 Å². The summed E-state index contributed by atoms with van der Waals surface area (Å²) in [5.74, 6) is -0.355. The molecule has 32 heavy (non-hydrogen) atoms. The Hall–Kier alpha value is -3.56. The van der Waals surface area contributed by atoms with Gasteiger partial charge in [-0.3, -0.25) is 9.69 Å². The van der Waals surface area contributed by atoms with Crippen LogP contribution in [0.15, 0.2) is 58.5 Å². The number of benzene rings is 2. The van der Waals surface area contributed by atoms with Gasteiger partial charge in [-0.25, -0.2) is 4.99 Å². The van der Waals surface area contributed by atoms with Gasteiger partial charge in [-0.05, 0) is 56.0 Å². The number of guanidine groups is 2. The summed E-state index contributed by atoms with van der Waals surface area (Å²) in [6, 6.07) is 11.2. The fourth-order valence-corrected chi connectivity index (χ4v) is 4.30. The van der Waals surface area contributed by atoms with Crippen molar-refractivity contribution in [2.24, 2.45) is 21.5 Å². The SMILES string of the molecule is NC1=NC2(CCCCC2)N(c2ccccc2C(=O)Nc2cccc(C(F)(F)F)c2)C(N)=N1. The number of hydrogen-bond acceptors (Lipinski definition) is 6. The van der Waals surface area contributed by atoms with Gasteiger partial charge in [0.2, 0.25) is 11.9 Å². The Balaban J connectivity index is 1.70. The van der Waals surface area contributed by atoms with Crippen molar-refractivity contribution in [1.29, 1.82) is 0 Å². The molecule has 2 aliphatic rings. The van der Waals surface area contributed by atoms with Crippen LogP contribution in [0.5, 0.6) is 0 Å². The van der Waals surface area contributed by atoms with Crippen LogP contribution in [0.2, 0.25) is 0 Å². The molecule has 1 aliphatic heterocycles. The Labute approximate surface area is 183 Å². The van der Waals surface area contributed by atoms with Crippen LogP contribution in [-0.2, 0) is 6.18 Å². The molecule has 10 heteroatoms. The molecule has 168 valence electrons. The number of para-hydroxylation sites is 1. The van der Waals surface area contributed by atoms with Gasteiger partial charge in [0.25, 0.3) is 5.91 Å². The van der Waals surface area contributed by atoms with Crippen molar-refractivity contribution in [1.82, 2.24) is 0 Å². The summed E-state index contributed by atoms with van der Waals surface area (Å²) in [5, 5.41) is 2.56. The van der Waals surface area contributed by atoms with E-state index in [1.165, 1.54) is 12.1 Å². The van der Waals surface area contributed by atoms with Crippen molar-refractivity contribution in [2.45, 2.75) is 43.9 Å². The molecule has 5 N–H and O–H groups in total. The fraction of sp³-hybridized carbons (Fsp3) is 0.318. The molecule has 0 aromatic heterocycles. The lowest BCUT2D eigenvalue weighted by atomic mass is 9.87. The number of nitrogens with one attached hydrogen (secondary N) is 1. The van der Waals surface area contributed by atoms with Gasteiger partial charge in [-0.1, -0.05) is 24.6 Å². The Morgan fingerprint density at radius 1 is 1.03 bits per heavy atom. The molecule has 1 fully saturated rings. The number of amides is 1. The first kappa shape index (κ1) is 21.7. The van der Waals surface area contributed by atoms with Crippen LogP contribution >= 0.6 is 0 Å². The highest BCUT2D eigenvalue weighted by Crippen LogP contribution is 2.40. The second-order valence-corrected chi connectivity index (χ2v) is 7.87. The lowest BCUT2D eigenvalue weighted by Gasteiger charge is -2.46. The average Bonchev–Trinajstić information content (AvgIpc) is 2.73. The number of nitrogens with zero attached hydrogens (tertiary/aromatic N) is 3. The van der Waals surface area contributed by atoms with Crippen LogP contribution in [0.1, 0.15) is 48.0 Å². The molecular weight excluding hydrogens is 421 g/mol. The second kappa shape index (κ2) is 8.18. The fourth-order valence-electron chi connectivity index (χ4n) is 4.30. The van der Waals surface area contributed by atoms with E-state index in [0.29, 0.717) is 18.5 Å². The van der Waals surface area contributed by atoms with E-state index in [-0.39, 0.29) is 23.2 Å². The zero-order valence-corrected chi connectivity index (χ0v) is 17.2. The van der Waals surface area contributed by atoms with Crippen LogP contribution in [0, 0.1) is 0 Å². The number of halogens is 3. The first-order valence-corrected chi connectivity index (χ1v) is 10.3. The molecule has 0 atom stereocenters. The second-order valence-electron chi connectivity index (χ2n) is 7.87. The van der Waals surface area contributed by atoms with Crippen LogP contribution in [0.4, 0.5) is 24.5 Å². The predicted molar refractivity (Wildman–Crippen MR) is 117 cm³/mol. The van der Waals surface area contributed by atoms with Gasteiger partial charge in [0.1, 0.15) is 5.66 Å². The molecule has 1 spiro atoms. The third-order valence-corrected chi connectivity index (χ3v) is 5.69. The van der Waals surface area contributed by atoms with Gasteiger partial charge >= 0.3 is 6.18 Å². The minimum atomic E-state index is -4.51. The molecule has 0 radical (unpaired) electrons. The summed E-state index contributed by atoms with van der Waals surface area (Å²) >= 11 is 0. The van der Waals surface area contributed by atoms with E-state index >= 15 is 0 Å². The van der Waals surface area contributed by atoms with E-state index in [2.05, 4.69) is 15.3 Å². The summed E-state index contributed by atoms with van der Waals surface area (Å²) in [4.78, 5) is 23.6. The zero-order valence-electron chi connectivity index (χ0n) is 17.2. The standard InChI is InChI=1S/C22H23F3N6O/c23-22(24,25)14-7-6-8-15(13-14)28-18(32)16-9-2-3-10-17(16)31-20(27)29-19(26)30-21(31)11-4-1-5-12-21/h2-3,6-10,13H,1,4-5,11-12H2,(H,28,32)(H4,26,27,29,30). The molecular formula is C22H23F3N6O. The van der Waals surface area contributed by atoms with Crippen molar-refractivity contribution in [3.63, 3.8) is 0 Å². The number of aliphatic imine (C=N–C) groups is 2. The Kier molecular flexibility index (Phi) is 5.53. The van der Waals surface area contributed by atoms with E-state index in [4.69, 9.17) is 11.5 Å². The third kappa shape index (κ3) is 4.12. The largest absolute Gasteiger partial charge is 0.416 e. The molecule has 0 unspecified atom stereocenters. The lowest BCUT2D eigenvalue weighted by molar-refractivity contribution is -0.137. The third-order valence-electron chi connectivity index (χ3n) is 5.69. The lowest BCUT2D eigenvalue weighted by Crippen LogP contribution is -2.58. The molecule has 0 saturated heterocycles. The topological polar surface area (TPSA) is 109 Å². The predicted octanol–water partition coefficient (Wildman–Crippen LogP) is 4.07. The minimum absolute atomic E-state index is 0.0366.